The Hall–Kier alpha value is -2.69. The van der Waals surface area contributed by atoms with E-state index >= 15 is 0 Å². The molecule has 0 spiro atoms. The van der Waals surface area contributed by atoms with Gasteiger partial charge < -0.3 is 19.8 Å². The number of halogens is 1. The lowest BCUT2D eigenvalue weighted by molar-refractivity contribution is -0.140. The molecule has 1 saturated carbocycles. The first-order valence-electron chi connectivity index (χ1n) is 15.1. The normalized spacial score (nSPS) is 21.4. The number of benzene rings is 1. The monoisotopic (exact) mass is 586 g/mol. The molecule has 224 valence electrons. The summed E-state index contributed by atoms with van der Waals surface area (Å²) >= 11 is 6.14. The number of hydroxylamine groups is 2. The summed E-state index contributed by atoms with van der Waals surface area (Å²) in [4.78, 5) is 37.1. The maximum absolute atomic E-state index is 14.1. The first kappa shape index (κ1) is 29.8. The van der Waals surface area contributed by atoms with Crippen molar-refractivity contribution >= 4 is 23.7 Å². The van der Waals surface area contributed by atoms with Gasteiger partial charge in [-0.25, -0.2) is 9.78 Å². The van der Waals surface area contributed by atoms with Gasteiger partial charge in [0.2, 0.25) is 5.91 Å². The Morgan fingerprint density at radius 1 is 1.05 bits per heavy atom. The van der Waals surface area contributed by atoms with Gasteiger partial charge in [0, 0.05) is 43.8 Å². The Labute approximate surface area is 247 Å². The van der Waals surface area contributed by atoms with Crippen molar-refractivity contribution in [2.75, 3.05) is 33.3 Å². The van der Waals surface area contributed by atoms with Crippen molar-refractivity contribution in [3.8, 4) is 0 Å². The Bertz CT molecular complexity index is 1110. The van der Waals surface area contributed by atoms with Gasteiger partial charge in [-0.15, -0.1) is 5.06 Å². The number of likely N-dealkylation sites (tertiary alicyclic amines) is 1. The lowest BCUT2D eigenvalue weighted by atomic mass is 9.63. The number of ether oxygens (including phenoxy) is 1. The fourth-order valence-electron chi connectivity index (χ4n) is 7.05. The van der Waals surface area contributed by atoms with E-state index in [1.165, 1.54) is 39.2 Å². The summed E-state index contributed by atoms with van der Waals surface area (Å²) in [6.45, 7) is 3.57. The van der Waals surface area contributed by atoms with Crippen LogP contribution in [0.1, 0.15) is 63.4 Å². The summed E-state index contributed by atoms with van der Waals surface area (Å²) in [6, 6.07) is 7.56. The number of hydrogen-bond donors (Lipinski definition) is 1. The lowest BCUT2D eigenvalue weighted by Crippen LogP contribution is -2.56. The first-order valence-corrected chi connectivity index (χ1v) is 15.4. The molecule has 3 aliphatic rings. The molecule has 41 heavy (non-hydrogen) atoms. The molecule has 1 amide bonds. The van der Waals surface area contributed by atoms with Gasteiger partial charge in [-0.05, 0) is 74.0 Å². The molecule has 10 nitrogen and oxygen atoms in total. The molecular weight excluding hydrogens is 544 g/mol. The van der Waals surface area contributed by atoms with Gasteiger partial charge in [0.05, 0.1) is 13.2 Å². The average molecular weight is 587 g/mol. The Morgan fingerprint density at radius 2 is 1.76 bits per heavy atom. The van der Waals surface area contributed by atoms with E-state index in [0.717, 1.165) is 50.9 Å². The number of rotatable bonds is 9. The third-order valence-corrected chi connectivity index (χ3v) is 9.65. The van der Waals surface area contributed by atoms with Crippen LogP contribution < -0.4 is 5.32 Å². The minimum Gasteiger partial charge on any atom is -0.436 e. The largest absolute Gasteiger partial charge is 0.527 e. The Balaban J connectivity index is 1.25. The van der Waals surface area contributed by atoms with Gasteiger partial charge in [-0.2, -0.15) is 5.10 Å². The van der Waals surface area contributed by atoms with E-state index in [4.69, 9.17) is 16.4 Å². The van der Waals surface area contributed by atoms with E-state index in [-0.39, 0.29) is 23.4 Å². The van der Waals surface area contributed by atoms with Crippen molar-refractivity contribution < 1.29 is 19.2 Å². The van der Waals surface area contributed by atoms with Crippen LogP contribution in [0.2, 0.25) is 5.02 Å². The number of nitrogens with zero attached hydrogens (tertiary/aromatic N) is 5. The second-order valence-electron chi connectivity index (χ2n) is 11.9. The van der Waals surface area contributed by atoms with Crippen molar-refractivity contribution in [2.45, 2.75) is 82.8 Å². The third-order valence-electron chi connectivity index (χ3n) is 9.40. The van der Waals surface area contributed by atoms with E-state index in [1.807, 2.05) is 35.3 Å². The van der Waals surface area contributed by atoms with E-state index in [2.05, 4.69) is 25.0 Å². The molecule has 1 aromatic carbocycles. The fraction of sp³-hybridized carbons (Fsp3) is 0.667. The molecule has 1 aliphatic carbocycles. The van der Waals surface area contributed by atoms with Gasteiger partial charge in [-0.1, -0.05) is 43.0 Å². The number of amides is 1. The molecule has 2 aliphatic heterocycles. The molecule has 3 heterocycles. The second kappa shape index (κ2) is 14.0. The summed E-state index contributed by atoms with van der Waals surface area (Å²) in [5.41, 5.74) is 1.22. The van der Waals surface area contributed by atoms with Crippen LogP contribution in [0.4, 0.5) is 4.79 Å². The Kier molecular flexibility index (Phi) is 10.2. The molecule has 0 bridgehead atoms. The number of methoxy groups -OCH3 is 1. The zero-order chi connectivity index (χ0) is 28.7. The first-order chi connectivity index (χ1) is 19.9. The van der Waals surface area contributed by atoms with Crippen LogP contribution in [0.3, 0.4) is 0 Å². The smallest absolute Gasteiger partial charge is 0.436 e. The zero-order valence-electron chi connectivity index (χ0n) is 24.0. The van der Waals surface area contributed by atoms with Gasteiger partial charge in [0.15, 0.2) is 0 Å². The number of aromatic nitrogens is 3. The maximum atomic E-state index is 14.1. The molecule has 2 saturated heterocycles. The van der Waals surface area contributed by atoms with Gasteiger partial charge in [0.1, 0.15) is 12.7 Å². The van der Waals surface area contributed by atoms with Crippen LogP contribution in [0.25, 0.3) is 0 Å². The minimum absolute atomic E-state index is 0.146. The fourth-order valence-corrected chi connectivity index (χ4v) is 7.18. The van der Waals surface area contributed by atoms with Crippen molar-refractivity contribution in [2.24, 2.45) is 11.3 Å². The predicted octanol–water partition coefficient (Wildman–Crippen LogP) is 4.48. The van der Waals surface area contributed by atoms with Crippen molar-refractivity contribution in [1.82, 2.24) is 30.0 Å². The van der Waals surface area contributed by atoms with Crippen LogP contribution in [-0.2, 0) is 27.3 Å². The molecule has 1 aromatic heterocycles. The molecule has 5 rings (SSSR count). The molecule has 3 fully saturated rings. The molecule has 11 heteroatoms. The highest BCUT2D eigenvalue weighted by molar-refractivity contribution is 6.30. The Morgan fingerprint density at radius 3 is 2.39 bits per heavy atom. The van der Waals surface area contributed by atoms with Crippen LogP contribution in [-0.4, -0.2) is 82.2 Å². The molecule has 0 unspecified atom stereocenters. The molecular formula is C30H43ClN6O4. The van der Waals surface area contributed by atoms with Gasteiger partial charge in [0.25, 0.3) is 0 Å². The number of nitrogens with one attached hydrogen (secondary N) is 1. The summed E-state index contributed by atoms with van der Waals surface area (Å²) in [5, 5.41) is 10.4. The summed E-state index contributed by atoms with van der Waals surface area (Å²) in [5.74, 6) is 0.823. The van der Waals surface area contributed by atoms with Crippen molar-refractivity contribution in [1.29, 1.82) is 0 Å². The number of carbonyl (C=O) groups is 2. The summed E-state index contributed by atoms with van der Waals surface area (Å²) in [7, 11) is 1.30. The predicted molar refractivity (Wildman–Crippen MR) is 155 cm³/mol. The summed E-state index contributed by atoms with van der Waals surface area (Å²) < 4.78 is 6.61. The highest BCUT2D eigenvalue weighted by Gasteiger charge is 2.44. The van der Waals surface area contributed by atoms with Crippen LogP contribution in [0.5, 0.6) is 0 Å². The highest BCUT2D eigenvalue weighted by Crippen LogP contribution is 2.47. The molecule has 1 atom stereocenters. The number of piperidine rings is 2. The maximum Gasteiger partial charge on any atom is 0.527 e. The van der Waals surface area contributed by atoms with Crippen LogP contribution in [0, 0.1) is 11.3 Å². The van der Waals surface area contributed by atoms with E-state index in [1.54, 1.807) is 11.4 Å². The van der Waals surface area contributed by atoms with E-state index in [0.29, 0.717) is 30.5 Å². The zero-order valence-corrected chi connectivity index (χ0v) is 24.8. The van der Waals surface area contributed by atoms with Crippen LogP contribution in [0.15, 0.2) is 36.9 Å². The molecule has 2 aromatic rings. The van der Waals surface area contributed by atoms with Crippen molar-refractivity contribution in [3.05, 3.63) is 47.5 Å². The van der Waals surface area contributed by atoms with Gasteiger partial charge >= 0.3 is 6.16 Å². The van der Waals surface area contributed by atoms with Crippen LogP contribution >= 0.6 is 11.6 Å². The van der Waals surface area contributed by atoms with E-state index < -0.39 is 6.16 Å². The number of hydrogen-bond acceptors (Lipinski definition) is 8. The highest BCUT2D eigenvalue weighted by atomic mass is 35.5. The SMILES string of the molecule is COC(=O)ON1CCC(N[C@H](Cc2ccc(Cl)cc2)C(=O)N2CCC(Cn3cncn3)(C3CCCCC3)CC2)CC1. The van der Waals surface area contributed by atoms with Gasteiger partial charge in [-0.3, -0.25) is 9.48 Å². The summed E-state index contributed by atoms with van der Waals surface area (Å²) in [6.07, 6.45) is 13.3. The molecule has 0 radical (unpaired) electrons. The second-order valence-corrected chi connectivity index (χ2v) is 12.4. The number of carbonyl (C=O) groups excluding carboxylic acids is 2. The molecule has 1 N–H and O–H groups in total. The average Bonchev–Trinajstić information content (AvgIpc) is 3.52. The quantitative estimate of drug-likeness (QED) is 0.429. The third kappa shape index (κ3) is 7.78. The minimum atomic E-state index is -0.703. The van der Waals surface area contributed by atoms with Crippen molar-refractivity contribution in [3.63, 3.8) is 0 Å². The van der Waals surface area contributed by atoms with E-state index in [9.17, 15) is 9.59 Å². The topological polar surface area (TPSA) is 102 Å². The standard InChI is InChI=1S/C30H43ClN6O4/c1-40-29(39)41-37-15-11-26(12-16-37)34-27(19-23-7-9-25(31)10-8-23)28(38)35-17-13-30(14-18-35,20-36-22-32-21-33-36)24-5-3-2-4-6-24/h7-10,21-22,24,26-27,34H,2-6,11-20H2,1H3/t27-/m1/s1. The lowest BCUT2D eigenvalue weighted by Gasteiger charge is -2.48.